The zero-order valence-corrected chi connectivity index (χ0v) is 18.7. The number of rotatable bonds is 6. The highest BCUT2D eigenvalue weighted by atomic mass is 127. The minimum atomic E-state index is 0. The number of benzene rings is 1. The average Bonchev–Trinajstić information content (AvgIpc) is 3.04. The molecule has 4 nitrogen and oxygen atoms in total. The number of aryl methyl sites for hydroxylation is 1. The molecule has 25 heavy (non-hydrogen) atoms. The molecule has 0 unspecified atom stereocenters. The van der Waals surface area contributed by atoms with Crippen molar-refractivity contribution in [1.29, 1.82) is 0 Å². The highest BCUT2D eigenvalue weighted by Crippen LogP contribution is 2.25. The number of aromatic nitrogens is 1. The maximum Gasteiger partial charge on any atom is 0.191 e. The van der Waals surface area contributed by atoms with Crippen molar-refractivity contribution in [2.45, 2.75) is 45.6 Å². The maximum atomic E-state index is 4.70. The largest absolute Gasteiger partial charge is 0.356 e. The molecule has 1 aromatic carbocycles. The van der Waals surface area contributed by atoms with Crippen LogP contribution in [0.1, 0.15) is 43.5 Å². The molecule has 2 aromatic rings. The van der Waals surface area contributed by atoms with Gasteiger partial charge in [-0.15, -0.1) is 35.3 Å². The van der Waals surface area contributed by atoms with Crippen LogP contribution in [0, 0.1) is 0 Å². The minimum absolute atomic E-state index is 0. The molecule has 0 saturated heterocycles. The van der Waals surface area contributed by atoms with Crippen LogP contribution in [-0.4, -0.2) is 24.5 Å². The zero-order chi connectivity index (χ0) is 17.4. The standard InChI is InChI=1S/C19H28N4S.HI/c1-19(2,3)17-23-16(14-24-17)13-22-18(20-4)21-12-8-11-15-9-6-5-7-10-15;/h5-7,9-10,14H,8,11-13H2,1-4H3,(H2,20,21,22);1H. The molecular formula is C19H29IN4S. The lowest BCUT2D eigenvalue weighted by atomic mass is 9.98. The van der Waals surface area contributed by atoms with Gasteiger partial charge in [0, 0.05) is 24.4 Å². The van der Waals surface area contributed by atoms with E-state index in [0.29, 0.717) is 6.54 Å². The van der Waals surface area contributed by atoms with E-state index in [9.17, 15) is 0 Å². The molecule has 0 amide bonds. The fraction of sp³-hybridized carbons (Fsp3) is 0.474. The van der Waals surface area contributed by atoms with Crippen molar-refractivity contribution in [3.63, 3.8) is 0 Å². The van der Waals surface area contributed by atoms with Gasteiger partial charge in [0.1, 0.15) is 0 Å². The van der Waals surface area contributed by atoms with Crippen LogP contribution in [0.25, 0.3) is 0 Å². The van der Waals surface area contributed by atoms with Crippen molar-refractivity contribution in [1.82, 2.24) is 15.6 Å². The van der Waals surface area contributed by atoms with Crippen molar-refractivity contribution in [2.24, 2.45) is 4.99 Å². The van der Waals surface area contributed by atoms with E-state index in [-0.39, 0.29) is 29.4 Å². The summed E-state index contributed by atoms with van der Waals surface area (Å²) in [6, 6.07) is 10.6. The average molecular weight is 472 g/mol. The molecule has 0 spiro atoms. The van der Waals surface area contributed by atoms with E-state index in [0.717, 1.165) is 31.0 Å². The summed E-state index contributed by atoms with van der Waals surface area (Å²) < 4.78 is 0. The molecule has 0 saturated carbocycles. The Hall–Kier alpha value is -1.15. The van der Waals surface area contributed by atoms with Crippen LogP contribution in [0.2, 0.25) is 0 Å². The van der Waals surface area contributed by atoms with Crippen LogP contribution in [-0.2, 0) is 18.4 Å². The van der Waals surface area contributed by atoms with E-state index in [1.165, 1.54) is 10.6 Å². The lowest BCUT2D eigenvalue weighted by molar-refractivity contribution is 0.582. The Labute approximate surface area is 172 Å². The Kier molecular flexibility index (Phi) is 9.42. The van der Waals surface area contributed by atoms with Crippen molar-refractivity contribution >= 4 is 41.3 Å². The second-order valence-electron chi connectivity index (χ2n) is 6.84. The monoisotopic (exact) mass is 472 g/mol. The highest BCUT2D eigenvalue weighted by molar-refractivity contribution is 14.0. The van der Waals surface area contributed by atoms with E-state index in [1.54, 1.807) is 18.4 Å². The quantitative estimate of drug-likeness (QED) is 0.284. The van der Waals surface area contributed by atoms with Crippen LogP contribution >= 0.6 is 35.3 Å². The van der Waals surface area contributed by atoms with Gasteiger partial charge >= 0.3 is 0 Å². The third-order valence-electron chi connectivity index (χ3n) is 3.63. The number of thiazole rings is 1. The van der Waals surface area contributed by atoms with Crippen LogP contribution in [0.15, 0.2) is 40.7 Å². The van der Waals surface area contributed by atoms with E-state index in [2.05, 4.69) is 72.1 Å². The highest BCUT2D eigenvalue weighted by Gasteiger charge is 2.17. The number of nitrogens with zero attached hydrogens (tertiary/aromatic N) is 2. The molecule has 2 N–H and O–H groups in total. The normalized spacial score (nSPS) is 11.8. The third kappa shape index (κ3) is 7.73. The summed E-state index contributed by atoms with van der Waals surface area (Å²) in [6.07, 6.45) is 2.15. The number of guanidine groups is 1. The van der Waals surface area contributed by atoms with Gasteiger partial charge in [-0.2, -0.15) is 0 Å². The van der Waals surface area contributed by atoms with Gasteiger partial charge in [0.25, 0.3) is 0 Å². The van der Waals surface area contributed by atoms with E-state index < -0.39 is 0 Å². The first-order valence-electron chi connectivity index (χ1n) is 8.42. The molecule has 0 aliphatic rings. The summed E-state index contributed by atoms with van der Waals surface area (Å²) in [6.45, 7) is 8.17. The first-order chi connectivity index (χ1) is 11.5. The molecule has 0 bridgehead atoms. The van der Waals surface area contributed by atoms with Crippen LogP contribution in [0.4, 0.5) is 0 Å². The number of nitrogens with one attached hydrogen (secondary N) is 2. The fourth-order valence-corrected chi connectivity index (χ4v) is 3.18. The number of aliphatic imine (C=N–C) groups is 1. The summed E-state index contributed by atoms with van der Waals surface area (Å²) in [5.41, 5.74) is 2.55. The van der Waals surface area contributed by atoms with Crippen molar-refractivity contribution in [3.05, 3.63) is 52.0 Å². The topological polar surface area (TPSA) is 49.3 Å². The molecule has 1 heterocycles. The summed E-state index contributed by atoms with van der Waals surface area (Å²) in [7, 11) is 1.80. The smallest absolute Gasteiger partial charge is 0.191 e. The summed E-state index contributed by atoms with van der Waals surface area (Å²) in [4.78, 5) is 8.97. The molecule has 0 fully saturated rings. The Balaban J connectivity index is 0.00000312. The van der Waals surface area contributed by atoms with Crippen LogP contribution in [0.3, 0.4) is 0 Å². The van der Waals surface area contributed by atoms with Crippen molar-refractivity contribution in [3.8, 4) is 0 Å². The molecule has 0 aliphatic carbocycles. The van der Waals surface area contributed by atoms with Crippen LogP contribution < -0.4 is 10.6 Å². The molecule has 2 rings (SSSR count). The molecule has 1 aromatic heterocycles. The minimum Gasteiger partial charge on any atom is -0.356 e. The molecule has 0 atom stereocenters. The predicted octanol–water partition coefficient (Wildman–Crippen LogP) is 4.36. The van der Waals surface area contributed by atoms with Crippen molar-refractivity contribution < 1.29 is 0 Å². The second kappa shape index (κ2) is 10.8. The first-order valence-corrected chi connectivity index (χ1v) is 9.30. The number of hydrogen-bond donors (Lipinski definition) is 2. The SMILES string of the molecule is CN=C(NCCCc1ccccc1)NCc1csc(C(C)(C)C)n1.I. The molecule has 6 heteroatoms. The lowest BCUT2D eigenvalue weighted by Crippen LogP contribution is -2.37. The Bertz CT molecular complexity index is 647. The van der Waals surface area contributed by atoms with Gasteiger partial charge in [-0.1, -0.05) is 51.1 Å². The predicted molar refractivity (Wildman–Crippen MR) is 119 cm³/mol. The molecular weight excluding hydrogens is 443 g/mol. The second-order valence-corrected chi connectivity index (χ2v) is 7.69. The fourth-order valence-electron chi connectivity index (χ4n) is 2.27. The maximum absolute atomic E-state index is 4.70. The lowest BCUT2D eigenvalue weighted by Gasteiger charge is -2.14. The Morgan fingerprint density at radius 2 is 1.88 bits per heavy atom. The summed E-state index contributed by atoms with van der Waals surface area (Å²) in [5.74, 6) is 0.827. The summed E-state index contributed by atoms with van der Waals surface area (Å²) in [5, 5.41) is 9.99. The Morgan fingerprint density at radius 1 is 1.16 bits per heavy atom. The molecule has 0 radical (unpaired) electrons. The van der Waals surface area contributed by atoms with E-state index >= 15 is 0 Å². The van der Waals surface area contributed by atoms with E-state index in [1.807, 2.05) is 0 Å². The van der Waals surface area contributed by atoms with Crippen LogP contribution in [0.5, 0.6) is 0 Å². The molecule has 138 valence electrons. The van der Waals surface area contributed by atoms with Gasteiger partial charge in [-0.05, 0) is 18.4 Å². The van der Waals surface area contributed by atoms with Gasteiger partial charge < -0.3 is 10.6 Å². The van der Waals surface area contributed by atoms with Gasteiger partial charge in [-0.3, -0.25) is 4.99 Å². The number of halogens is 1. The zero-order valence-electron chi connectivity index (χ0n) is 15.5. The van der Waals surface area contributed by atoms with Gasteiger partial charge in [0.05, 0.1) is 17.2 Å². The van der Waals surface area contributed by atoms with Gasteiger partial charge in [-0.25, -0.2) is 4.98 Å². The summed E-state index contributed by atoms with van der Waals surface area (Å²) >= 11 is 1.72. The van der Waals surface area contributed by atoms with Gasteiger partial charge in [0.15, 0.2) is 5.96 Å². The number of hydrogen-bond acceptors (Lipinski definition) is 3. The third-order valence-corrected chi connectivity index (χ3v) is 4.95. The van der Waals surface area contributed by atoms with Crippen molar-refractivity contribution in [2.75, 3.05) is 13.6 Å². The Morgan fingerprint density at radius 3 is 2.48 bits per heavy atom. The molecule has 0 aliphatic heterocycles. The van der Waals surface area contributed by atoms with Gasteiger partial charge in [0.2, 0.25) is 0 Å². The first kappa shape index (κ1) is 21.9. The van der Waals surface area contributed by atoms with E-state index in [4.69, 9.17) is 4.98 Å².